The second kappa shape index (κ2) is 5.58. The van der Waals surface area contributed by atoms with Crippen molar-refractivity contribution in [3.8, 4) is 0 Å². The number of rotatable bonds is 3. The molecule has 0 bridgehead atoms. The lowest BCUT2D eigenvalue weighted by molar-refractivity contribution is 1.17. The smallest absolute Gasteiger partial charge is 0.224 e. The molecular weight excluding hydrogens is 277 g/mol. The minimum Gasteiger partial charge on any atom is -0.339 e. The van der Waals surface area contributed by atoms with Crippen LogP contribution in [0.1, 0.15) is 0 Å². The van der Waals surface area contributed by atoms with Gasteiger partial charge in [-0.1, -0.05) is 11.6 Å². The molecule has 0 fully saturated rings. The van der Waals surface area contributed by atoms with Gasteiger partial charge in [0.15, 0.2) is 5.82 Å². The van der Waals surface area contributed by atoms with Gasteiger partial charge in [-0.05, 0) is 42.1 Å². The number of anilines is 2. The molecule has 1 aromatic carbocycles. The van der Waals surface area contributed by atoms with Crippen molar-refractivity contribution >= 4 is 46.5 Å². The fourth-order valence-electron chi connectivity index (χ4n) is 1.24. The van der Waals surface area contributed by atoms with Crippen LogP contribution in [0, 0.1) is 0 Å². The summed E-state index contributed by atoms with van der Waals surface area (Å²) in [5, 5.41) is 3.69. The lowest BCUT2D eigenvalue weighted by Crippen LogP contribution is -1.96. The van der Waals surface area contributed by atoms with E-state index in [4.69, 9.17) is 23.2 Å². The Bertz CT molecular complexity index is 517. The Kier molecular flexibility index (Phi) is 4.10. The lowest BCUT2D eigenvalue weighted by Gasteiger charge is -2.07. The molecule has 17 heavy (non-hydrogen) atoms. The molecule has 6 heteroatoms. The summed E-state index contributed by atoms with van der Waals surface area (Å²) in [7, 11) is 0. The number of hydrogen-bond donors (Lipinski definition) is 1. The van der Waals surface area contributed by atoms with Crippen LogP contribution < -0.4 is 5.32 Å². The number of aromatic nitrogens is 2. The van der Waals surface area contributed by atoms with Gasteiger partial charge in [-0.2, -0.15) is 4.98 Å². The van der Waals surface area contributed by atoms with Crippen LogP contribution >= 0.6 is 35.0 Å². The van der Waals surface area contributed by atoms with Crippen LogP contribution in [0.25, 0.3) is 0 Å². The molecule has 0 aliphatic heterocycles. The number of hydrogen-bond acceptors (Lipinski definition) is 4. The zero-order chi connectivity index (χ0) is 12.3. The summed E-state index contributed by atoms with van der Waals surface area (Å²) in [5.41, 5.74) is 0.902. The van der Waals surface area contributed by atoms with Crippen LogP contribution in [0.2, 0.25) is 10.3 Å². The Hall–Kier alpha value is -0.970. The molecule has 0 saturated heterocycles. The fourth-order valence-corrected chi connectivity index (χ4v) is 1.92. The number of nitrogens with one attached hydrogen (secondary N) is 1. The molecule has 0 aliphatic rings. The van der Waals surface area contributed by atoms with Gasteiger partial charge in [0.1, 0.15) is 5.02 Å². The van der Waals surface area contributed by atoms with Crippen molar-refractivity contribution in [3.05, 3.63) is 40.8 Å². The molecule has 1 heterocycles. The second-order valence-corrected chi connectivity index (χ2v) is 4.81. The molecule has 0 spiro atoms. The molecule has 2 rings (SSSR count). The summed E-state index contributed by atoms with van der Waals surface area (Å²) >= 11 is 13.3. The first-order valence-corrected chi connectivity index (χ1v) is 6.76. The Morgan fingerprint density at radius 2 is 1.88 bits per heavy atom. The van der Waals surface area contributed by atoms with E-state index in [1.165, 1.54) is 11.1 Å². The van der Waals surface area contributed by atoms with Gasteiger partial charge in [-0.25, -0.2) is 4.98 Å². The lowest BCUT2D eigenvalue weighted by atomic mass is 10.3. The third-order valence-electron chi connectivity index (χ3n) is 2.07. The molecule has 0 aliphatic carbocycles. The molecule has 0 amide bonds. The van der Waals surface area contributed by atoms with E-state index in [1.54, 1.807) is 11.8 Å². The largest absolute Gasteiger partial charge is 0.339 e. The number of thioether (sulfide) groups is 1. The maximum atomic E-state index is 5.95. The number of nitrogens with zero attached hydrogens (tertiary/aromatic N) is 2. The van der Waals surface area contributed by atoms with Crippen molar-refractivity contribution in [2.75, 3.05) is 11.6 Å². The summed E-state index contributed by atoms with van der Waals surface area (Å²) in [4.78, 5) is 9.00. The Labute approximate surface area is 114 Å². The van der Waals surface area contributed by atoms with E-state index in [0.717, 1.165) is 5.69 Å². The highest BCUT2D eigenvalue weighted by atomic mass is 35.5. The molecule has 1 N–H and O–H groups in total. The Morgan fingerprint density at radius 1 is 1.18 bits per heavy atom. The molecule has 0 radical (unpaired) electrons. The van der Waals surface area contributed by atoms with Crippen LogP contribution in [-0.2, 0) is 0 Å². The molecule has 0 saturated carbocycles. The normalized spacial score (nSPS) is 10.3. The van der Waals surface area contributed by atoms with Crippen molar-refractivity contribution in [3.63, 3.8) is 0 Å². The standard InChI is InChI=1S/C11H9Cl2N3S/c1-17-8-4-2-7(3-5-8)15-10-9(12)6-14-11(13)16-10/h2-6H,1H3,(H,14,15,16). The highest BCUT2D eigenvalue weighted by molar-refractivity contribution is 7.98. The minimum atomic E-state index is 0.164. The first-order chi connectivity index (χ1) is 8.19. The molecule has 3 nitrogen and oxygen atoms in total. The fraction of sp³-hybridized carbons (Fsp3) is 0.0909. The maximum absolute atomic E-state index is 5.95. The van der Waals surface area contributed by atoms with Crippen molar-refractivity contribution in [1.82, 2.24) is 9.97 Å². The monoisotopic (exact) mass is 285 g/mol. The van der Waals surface area contributed by atoms with E-state index in [2.05, 4.69) is 15.3 Å². The van der Waals surface area contributed by atoms with Gasteiger partial charge in [0.25, 0.3) is 0 Å². The number of benzene rings is 1. The average molecular weight is 286 g/mol. The molecule has 0 atom stereocenters. The van der Waals surface area contributed by atoms with E-state index in [-0.39, 0.29) is 5.28 Å². The van der Waals surface area contributed by atoms with E-state index < -0.39 is 0 Å². The van der Waals surface area contributed by atoms with Gasteiger partial charge in [-0.15, -0.1) is 11.8 Å². The van der Waals surface area contributed by atoms with Gasteiger partial charge in [0, 0.05) is 10.6 Å². The molecule has 1 aromatic heterocycles. The SMILES string of the molecule is CSc1ccc(Nc2nc(Cl)ncc2Cl)cc1. The summed E-state index contributed by atoms with van der Waals surface area (Å²) in [6, 6.07) is 7.95. The van der Waals surface area contributed by atoms with Gasteiger partial charge < -0.3 is 5.32 Å². The van der Waals surface area contributed by atoms with E-state index in [1.807, 2.05) is 30.5 Å². The third kappa shape index (κ3) is 3.25. The Morgan fingerprint density at radius 3 is 2.53 bits per heavy atom. The van der Waals surface area contributed by atoms with E-state index in [9.17, 15) is 0 Å². The second-order valence-electron chi connectivity index (χ2n) is 3.19. The first-order valence-electron chi connectivity index (χ1n) is 4.78. The van der Waals surface area contributed by atoms with Crippen molar-refractivity contribution < 1.29 is 0 Å². The van der Waals surface area contributed by atoms with Crippen LogP contribution in [-0.4, -0.2) is 16.2 Å². The van der Waals surface area contributed by atoms with Crippen molar-refractivity contribution in [1.29, 1.82) is 0 Å². The van der Waals surface area contributed by atoms with Crippen LogP contribution in [0.4, 0.5) is 11.5 Å². The Balaban J connectivity index is 2.22. The van der Waals surface area contributed by atoms with Crippen LogP contribution in [0.15, 0.2) is 35.4 Å². The summed E-state index contributed by atoms with van der Waals surface area (Å²) in [5.74, 6) is 0.503. The zero-order valence-electron chi connectivity index (χ0n) is 8.95. The van der Waals surface area contributed by atoms with Gasteiger partial charge >= 0.3 is 0 Å². The predicted octanol–water partition coefficient (Wildman–Crippen LogP) is 4.25. The average Bonchev–Trinajstić information content (AvgIpc) is 2.35. The van der Waals surface area contributed by atoms with Crippen molar-refractivity contribution in [2.24, 2.45) is 0 Å². The number of halogens is 2. The molecule has 2 aromatic rings. The molecule has 88 valence electrons. The summed E-state index contributed by atoms with van der Waals surface area (Å²) in [6.07, 6.45) is 3.50. The summed E-state index contributed by atoms with van der Waals surface area (Å²) in [6.45, 7) is 0. The van der Waals surface area contributed by atoms with E-state index in [0.29, 0.717) is 10.8 Å². The predicted molar refractivity (Wildman–Crippen MR) is 73.6 cm³/mol. The maximum Gasteiger partial charge on any atom is 0.224 e. The quantitative estimate of drug-likeness (QED) is 0.676. The van der Waals surface area contributed by atoms with Crippen LogP contribution in [0.5, 0.6) is 0 Å². The third-order valence-corrected chi connectivity index (χ3v) is 3.27. The van der Waals surface area contributed by atoms with Gasteiger partial charge in [-0.3, -0.25) is 0 Å². The first kappa shape index (κ1) is 12.5. The van der Waals surface area contributed by atoms with Gasteiger partial charge in [0.05, 0.1) is 6.20 Å². The van der Waals surface area contributed by atoms with Crippen molar-refractivity contribution in [2.45, 2.75) is 4.90 Å². The molecule has 0 unspecified atom stereocenters. The topological polar surface area (TPSA) is 37.8 Å². The minimum absolute atomic E-state index is 0.164. The highest BCUT2D eigenvalue weighted by Gasteiger charge is 2.04. The van der Waals surface area contributed by atoms with Crippen LogP contribution in [0.3, 0.4) is 0 Å². The molecular formula is C11H9Cl2N3S. The van der Waals surface area contributed by atoms with Gasteiger partial charge in [0.2, 0.25) is 5.28 Å². The zero-order valence-corrected chi connectivity index (χ0v) is 11.3. The highest BCUT2D eigenvalue weighted by Crippen LogP contribution is 2.25. The van der Waals surface area contributed by atoms with E-state index >= 15 is 0 Å². The summed E-state index contributed by atoms with van der Waals surface area (Å²) < 4.78 is 0.